The lowest BCUT2D eigenvalue weighted by atomic mass is 10.0. The van der Waals surface area contributed by atoms with Crippen LogP contribution in [0.5, 0.6) is 0 Å². The van der Waals surface area contributed by atoms with Gasteiger partial charge in [0.15, 0.2) is 0 Å². The average Bonchev–Trinajstić information content (AvgIpc) is 2.19. The van der Waals surface area contributed by atoms with Gasteiger partial charge >= 0.3 is 1.43 Å². The Morgan fingerprint density at radius 1 is 1.23 bits per heavy atom. The molecule has 0 aliphatic heterocycles. The van der Waals surface area contributed by atoms with Crippen LogP contribution in [0.1, 0.15) is 32.9 Å². The van der Waals surface area contributed by atoms with Gasteiger partial charge in [-0.1, -0.05) is 37.3 Å². The highest BCUT2D eigenvalue weighted by Crippen LogP contribution is 2.18. The molecule has 0 bridgehead atoms. The summed E-state index contributed by atoms with van der Waals surface area (Å²) in [4.78, 5) is 0. The van der Waals surface area contributed by atoms with Gasteiger partial charge in [0.2, 0.25) is 0 Å². The van der Waals surface area contributed by atoms with E-state index < -0.39 is 12.2 Å². The zero-order valence-corrected chi connectivity index (χ0v) is 7.85. The van der Waals surface area contributed by atoms with Crippen LogP contribution in [0.3, 0.4) is 0 Å². The van der Waals surface area contributed by atoms with Crippen molar-refractivity contribution in [2.45, 2.75) is 32.0 Å². The molecule has 2 atom stereocenters. The van der Waals surface area contributed by atoms with Crippen molar-refractivity contribution in [2.24, 2.45) is 0 Å². The molecule has 0 radical (unpaired) electrons. The van der Waals surface area contributed by atoms with Crippen molar-refractivity contribution in [3.8, 4) is 0 Å². The quantitative estimate of drug-likeness (QED) is 0.745. The maximum Gasteiger partial charge on any atom is 1.00 e. The largest absolute Gasteiger partial charge is 1.00 e. The fourth-order valence-corrected chi connectivity index (χ4v) is 1.24. The molecular weight excluding hydrogens is 164 g/mol. The minimum absolute atomic E-state index is 0. The maximum absolute atomic E-state index is 9.66. The van der Waals surface area contributed by atoms with Gasteiger partial charge in [0.25, 0.3) is 0 Å². The summed E-state index contributed by atoms with van der Waals surface area (Å²) in [5.41, 5.74) is 0.870. The Morgan fingerprint density at radius 3 is 2.38 bits per heavy atom. The van der Waals surface area contributed by atoms with Gasteiger partial charge in [-0.15, -0.1) is 0 Å². The first-order valence-corrected chi connectivity index (χ1v) is 4.65. The Morgan fingerprint density at radius 2 is 1.85 bits per heavy atom. The van der Waals surface area contributed by atoms with Crippen LogP contribution in [0.25, 0.3) is 0 Å². The van der Waals surface area contributed by atoms with Crippen molar-refractivity contribution < 1.29 is 11.6 Å². The molecule has 13 heavy (non-hydrogen) atoms. The standard InChI is InChI=1S/C11H16O2/c1-2-10(12)8-11(13)9-6-4-3-5-7-9/h3-7,10-13H,2,8H2,1H3/p+1. The zero-order chi connectivity index (χ0) is 9.68. The molecule has 0 spiro atoms. The summed E-state index contributed by atoms with van der Waals surface area (Å²) < 4.78 is 0. The van der Waals surface area contributed by atoms with Crippen molar-refractivity contribution in [2.75, 3.05) is 0 Å². The highest BCUT2D eigenvalue weighted by molar-refractivity contribution is 5.17. The van der Waals surface area contributed by atoms with E-state index in [0.29, 0.717) is 12.8 Å². The summed E-state index contributed by atoms with van der Waals surface area (Å²) in [7, 11) is 0. The molecule has 2 N–H and O–H groups in total. The molecule has 0 aromatic heterocycles. The van der Waals surface area contributed by atoms with Gasteiger partial charge in [-0.25, -0.2) is 0 Å². The molecule has 1 aromatic carbocycles. The second kappa shape index (κ2) is 5.00. The van der Waals surface area contributed by atoms with Crippen LogP contribution in [0.15, 0.2) is 30.3 Å². The van der Waals surface area contributed by atoms with Crippen LogP contribution in [-0.4, -0.2) is 16.3 Å². The zero-order valence-electron chi connectivity index (χ0n) is 8.85. The smallest absolute Gasteiger partial charge is 0.393 e. The molecule has 2 nitrogen and oxygen atoms in total. The van der Waals surface area contributed by atoms with Gasteiger partial charge in [-0.2, -0.15) is 0 Å². The van der Waals surface area contributed by atoms with Gasteiger partial charge in [0, 0.05) is 6.42 Å². The van der Waals surface area contributed by atoms with E-state index in [-0.39, 0.29) is 1.43 Å². The van der Waals surface area contributed by atoms with Crippen LogP contribution < -0.4 is 0 Å². The van der Waals surface area contributed by atoms with Crippen LogP contribution in [0.2, 0.25) is 0 Å². The van der Waals surface area contributed by atoms with Crippen LogP contribution in [0.4, 0.5) is 0 Å². The van der Waals surface area contributed by atoms with E-state index in [4.69, 9.17) is 0 Å². The van der Waals surface area contributed by atoms with Gasteiger partial charge in [0.1, 0.15) is 0 Å². The third-order valence-electron chi connectivity index (χ3n) is 2.15. The molecule has 0 aliphatic rings. The Labute approximate surface area is 80.3 Å². The third-order valence-corrected chi connectivity index (χ3v) is 2.15. The lowest BCUT2D eigenvalue weighted by molar-refractivity contribution is 0.0784. The molecule has 72 valence electrons. The second-order valence-electron chi connectivity index (χ2n) is 3.22. The predicted octanol–water partition coefficient (Wildman–Crippen LogP) is 1.99. The molecule has 0 heterocycles. The summed E-state index contributed by atoms with van der Waals surface area (Å²) in [5, 5.41) is 19.0. The number of benzene rings is 1. The van der Waals surface area contributed by atoms with Crippen molar-refractivity contribution in [3.63, 3.8) is 0 Å². The first-order chi connectivity index (χ1) is 6.24. The molecule has 0 fully saturated rings. The summed E-state index contributed by atoms with van der Waals surface area (Å²) in [6.07, 6.45) is 0.149. The monoisotopic (exact) mass is 181 g/mol. The fourth-order valence-electron chi connectivity index (χ4n) is 1.24. The Bertz CT molecular complexity index is 238. The molecule has 0 saturated heterocycles. The number of hydrogen-bond donors (Lipinski definition) is 2. The van der Waals surface area contributed by atoms with E-state index in [1.54, 1.807) is 0 Å². The van der Waals surface area contributed by atoms with E-state index in [1.807, 2.05) is 37.3 Å². The molecule has 2 unspecified atom stereocenters. The Kier molecular flexibility index (Phi) is 3.93. The van der Waals surface area contributed by atoms with Gasteiger partial charge in [0.05, 0.1) is 12.2 Å². The first kappa shape index (κ1) is 10.2. The third kappa shape index (κ3) is 3.17. The normalized spacial score (nSPS) is 15.3. The van der Waals surface area contributed by atoms with Gasteiger partial charge in [-0.05, 0) is 12.0 Å². The fraction of sp³-hybridized carbons (Fsp3) is 0.455. The second-order valence-corrected chi connectivity index (χ2v) is 3.22. The van der Waals surface area contributed by atoms with Gasteiger partial charge < -0.3 is 10.2 Å². The minimum atomic E-state index is -0.545. The summed E-state index contributed by atoms with van der Waals surface area (Å²) in [6.45, 7) is 1.91. The van der Waals surface area contributed by atoms with Crippen LogP contribution >= 0.6 is 0 Å². The van der Waals surface area contributed by atoms with Crippen LogP contribution in [-0.2, 0) is 0 Å². The molecule has 0 saturated carbocycles. The van der Waals surface area contributed by atoms with Crippen molar-refractivity contribution in [1.82, 2.24) is 0 Å². The highest BCUT2D eigenvalue weighted by Gasteiger charge is 2.11. The minimum Gasteiger partial charge on any atom is -0.393 e. The molecular formula is C11H17O2+. The number of hydrogen-bond acceptors (Lipinski definition) is 2. The van der Waals surface area contributed by atoms with E-state index in [1.165, 1.54) is 0 Å². The lowest BCUT2D eigenvalue weighted by Crippen LogP contribution is -2.10. The molecule has 2 heteroatoms. The van der Waals surface area contributed by atoms with Crippen LogP contribution in [0, 0.1) is 0 Å². The van der Waals surface area contributed by atoms with Crippen molar-refractivity contribution in [3.05, 3.63) is 35.9 Å². The van der Waals surface area contributed by atoms with Gasteiger partial charge in [-0.3, -0.25) is 0 Å². The average molecular weight is 181 g/mol. The molecule has 0 aliphatic carbocycles. The van der Waals surface area contributed by atoms with Crippen molar-refractivity contribution in [1.29, 1.82) is 0 Å². The highest BCUT2D eigenvalue weighted by atomic mass is 16.3. The number of aliphatic hydroxyl groups is 2. The number of rotatable bonds is 4. The number of aliphatic hydroxyl groups excluding tert-OH is 2. The topological polar surface area (TPSA) is 40.5 Å². The predicted molar refractivity (Wildman–Crippen MR) is 53.4 cm³/mol. The van der Waals surface area contributed by atoms with E-state index >= 15 is 0 Å². The van der Waals surface area contributed by atoms with E-state index in [0.717, 1.165) is 5.56 Å². The molecule has 1 rings (SSSR count). The summed E-state index contributed by atoms with van der Waals surface area (Å²) in [5.74, 6) is 0. The first-order valence-electron chi connectivity index (χ1n) is 4.65. The maximum atomic E-state index is 9.66. The SMILES string of the molecule is CCC(O)CC(O)c1ccccc1.[H+]. The lowest BCUT2D eigenvalue weighted by Gasteiger charge is -2.14. The van der Waals surface area contributed by atoms with Crippen molar-refractivity contribution >= 4 is 0 Å². The summed E-state index contributed by atoms with van der Waals surface area (Å²) in [6, 6.07) is 9.42. The Hall–Kier alpha value is -0.860. The van der Waals surface area contributed by atoms with E-state index in [9.17, 15) is 10.2 Å². The summed E-state index contributed by atoms with van der Waals surface area (Å²) >= 11 is 0. The molecule has 0 amide bonds. The molecule has 1 aromatic rings. The van der Waals surface area contributed by atoms with E-state index in [2.05, 4.69) is 0 Å². The Balaban J connectivity index is 0.00000169.